The van der Waals surface area contributed by atoms with Gasteiger partial charge in [0.25, 0.3) is 0 Å². The summed E-state index contributed by atoms with van der Waals surface area (Å²) < 4.78 is 38.6. The molecule has 0 aromatic heterocycles. The first-order valence-electron chi connectivity index (χ1n) is 5.60. The predicted octanol–water partition coefficient (Wildman–Crippen LogP) is 2.87. The molecule has 0 heterocycles. The van der Waals surface area contributed by atoms with Crippen LogP contribution in [0.3, 0.4) is 0 Å². The van der Waals surface area contributed by atoms with E-state index in [4.69, 9.17) is 5.73 Å². The van der Waals surface area contributed by atoms with Crippen LogP contribution in [0.2, 0.25) is 0 Å². The van der Waals surface area contributed by atoms with E-state index in [1.165, 1.54) is 12.1 Å². The number of nitrogens with one attached hydrogen (secondary N) is 1. The van der Waals surface area contributed by atoms with Gasteiger partial charge in [0.1, 0.15) is 0 Å². The molecule has 18 heavy (non-hydrogen) atoms. The third-order valence-electron chi connectivity index (χ3n) is 2.53. The van der Waals surface area contributed by atoms with Crippen LogP contribution < -0.4 is 11.1 Å². The highest BCUT2D eigenvalue weighted by Crippen LogP contribution is 2.34. The minimum absolute atomic E-state index is 0.0976. The number of hydrogen-bond donors (Lipinski definition) is 2. The molecule has 100 valence electrons. The lowest BCUT2D eigenvalue weighted by Crippen LogP contribution is -2.31. The average Bonchev–Trinajstić information content (AvgIpc) is 2.29. The lowest BCUT2D eigenvalue weighted by Gasteiger charge is -2.21. The van der Waals surface area contributed by atoms with Gasteiger partial charge in [-0.25, -0.2) is 0 Å². The van der Waals surface area contributed by atoms with Crippen LogP contribution in [0, 0.1) is 0 Å². The second kappa shape index (κ2) is 6.02. The summed E-state index contributed by atoms with van der Waals surface area (Å²) in [7, 11) is 0. The summed E-state index contributed by atoms with van der Waals surface area (Å²) in [5.41, 5.74) is 5.92. The zero-order valence-corrected chi connectivity index (χ0v) is 10.2. The third-order valence-corrected chi connectivity index (χ3v) is 2.53. The van der Waals surface area contributed by atoms with Gasteiger partial charge in [0.2, 0.25) is 0 Å². The molecule has 0 radical (unpaired) electrons. The van der Waals surface area contributed by atoms with Gasteiger partial charge in [0.05, 0.1) is 5.56 Å². The highest BCUT2D eigenvalue weighted by molar-refractivity contribution is 5.32. The van der Waals surface area contributed by atoms with Crippen LogP contribution >= 0.6 is 0 Å². The van der Waals surface area contributed by atoms with Crippen molar-refractivity contribution in [2.24, 2.45) is 5.73 Å². The Hall–Kier alpha value is -1.33. The molecule has 3 N–H and O–H groups in total. The molecule has 1 aromatic carbocycles. The van der Waals surface area contributed by atoms with Crippen LogP contribution in [0.1, 0.15) is 24.1 Å². The van der Waals surface area contributed by atoms with E-state index in [-0.39, 0.29) is 12.1 Å². The van der Waals surface area contributed by atoms with Gasteiger partial charge >= 0.3 is 6.18 Å². The molecular weight excluding hydrogens is 241 g/mol. The fourth-order valence-electron chi connectivity index (χ4n) is 1.68. The summed E-state index contributed by atoms with van der Waals surface area (Å²) in [6.07, 6.45) is -4.37. The van der Waals surface area contributed by atoms with Crippen LogP contribution in [-0.2, 0) is 6.18 Å². The second-order valence-corrected chi connectivity index (χ2v) is 4.21. The van der Waals surface area contributed by atoms with E-state index in [9.17, 15) is 13.2 Å². The highest BCUT2D eigenvalue weighted by Gasteiger charge is 2.34. The van der Waals surface area contributed by atoms with Crippen LogP contribution in [0.25, 0.3) is 0 Å². The summed E-state index contributed by atoms with van der Waals surface area (Å²) in [6, 6.07) is 4.94. The van der Waals surface area contributed by atoms with Crippen molar-refractivity contribution in [2.75, 3.05) is 13.1 Å². The van der Waals surface area contributed by atoms with Gasteiger partial charge in [-0.15, -0.1) is 0 Å². The first-order chi connectivity index (χ1) is 8.36. The lowest BCUT2D eigenvalue weighted by atomic mass is 9.99. The molecule has 0 bridgehead atoms. The molecule has 0 amide bonds. The van der Waals surface area contributed by atoms with Crippen LogP contribution in [0.5, 0.6) is 0 Å². The smallest absolute Gasteiger partial charge is 0.329 e. The first-order valence-corrected chi connectivity index (χ1v) is 5.60. The number of hydrogen-bond acceptors (Lipinski definition) is 2. The summed E-state index contributed by atoms with van der Waals surface area (Å²) in [5.74, 6) is 0. The topological polar surface area (TPSA) is 38.0 Å². The largest absolute Gasteiger partial charge is 0.416 e. The molecule has 1 rings (SSSR count). The van der Waals surface area contributed by atoms with E-state index in [2.05, 4.69) is 11.9 Å². The molecule has 0 spiro atoms. The zero-order chi connectivity index (χ0) is 13.8. The van der Waals surface area contributed by atoms with E-state index in [1.807, 2.05) is 0 Å². The average molecular weight is 258 g/mol. The monoisotopic (exact) mass is 258 g/mol. The molecule has 0 aliphatic carbocycles. The van der Waals surface area contributed by atoms with Crippen molar-refractivity contribution in [3.8, 4) is 0 Å². The number of benzene rings is 1. The number of nitrogens with two attached hydrogens (primary N) is 1. The second-order valence-electron chi connectivity index (χ2n) is 4.21. The molecular formula is C13H17F3N2. The van der Waals surface area contributed by atoms with E-state index >= 15 is 0 Å². The number of alkyl halides is 3. The molecule has 1 aromatic rings. The third kappa shape index (κ3) is 3.85. The van der Waals surface area contributed by atoms with Crippen molar-refractivity contribution < 1.29 is 13.2 Å². The van der Waals surface area contributed by atoms with Gasteiger partial charge in [0.15, 0.2) is 0 Å². The van der Waals surface area contributed by atoms with E-state index in [0.717, 1.165) is 11.6 Å². The molecule has 0 saturated heterocycles. The van der Waals surface area contributed by atoms with Gasteiger partial charge in [-0.2, -0.15) is 13.2 Å². The Balaban J connectivity index is 3.02. The molecule has 0 aliphatic rings. The summed E-state index contributed by atoms with van der Waals surface area (Å²) in [5, 5.41) is 2.97. The van der Waals surface area contributed by atoms with Crippen molar-refractivity contribution in [3.63, 3.8) is 0 Å². The van der Waals surface area contributed by atoms with E-state index in [0.29, 0.717) is 6.54 Å². The first kappa shape index (κ1) is 14.7. The zero-order valence-electron chi connectivity index (χ0n) is 10.2. The van der Waals surface area contributed by atoms with Gasteiger partial charge in [-0.3, -0.25) is 0 Å². The van der Waals surface area contributed by atoms with Gasteiger partial charge in [0, 0.05) is 19.1 Å². The maximum atomic E-state index is 12.9. The maximum absolute atomic E-state index is 12.9. The van der Waals surface area contributed by atoms with E-state index < -0.39 is 17.8 Å². The van der Waals surface area contributed by atoms with Crippen LogP contribution in [0.15, 0.2) is 36.4 Å². The lowest BCUT2D eigenvalue weighted by molar-refractivity contribution is -0.138. The Kier molecular flexibility index (Phi) is 4.93. The van der Waals surface area contributed by atoms with Crippen molar-refractivity contribution in [3.05, 3.63) is 47.5 Å². The van der Waals surface area contributed by atoms with Crippen LogP contribution in [0.4, 0.5) is 13.2 Å². The fourth-order valence-corrected chi connectivity index (χ4v) is 1.68. The molecule has 0 saturated carbocycles. The Morgan fingerprint density at radius 2 is 2.00 bits per heavy atom. The Morgan fingerprint density at radius 1 is 1.39 bits per heavy atom. The van der Waals surface area contributed by atoms with Crippen molar-refractivity contribution >= 4 is 0 Å². The molecule has 0 fully saturated rings. The Bertz CT molecular complexity index is 413. The number of rotatable bonds is 5. The summed E-state index contributed by atoms with van der Waals surface area (Å²) in [6.45, 7) is 6.04. The van der Waals surface area contributed by atoms with Crippen LogP contribution in [-0.4, -0.2) is 13.1 Å². The number of halogens is 3. The van der Waals surface area contributed by atoms with Crippen molar-refractivity contribution in [1.82, 2.24) is 5.32 Å². The van der Waals surface area contributed by atoms with E-state index in [1.54, 1.807) is 13.0 Å². The minimum Gasteiger partial charge on any atom is -0.329 e. The van der Waals surface area contributed by atoms with Crippen molar-refractivity contribution in [2.45, 2.75) is 19.1 Å². The normalized spacial score (nSPS) is 13.4. The molecule has 1 atom stereocenters. The predicted molar refractivity (Wildman–Crippen MR) is 66.1 cm³/mol. The summed E-state index contributed by atoms with van der Waals surface area (Å²) >= 11 is 0. The highest BCUT2D eigenvalue weighted by atomic mass is 19.4. The molecule has 2 nitrogen and oxygen atoms in total. The Labute approximate surface area is 105 Å². The molecule has 0 aliphatic heterocycles. The quantitative estimate of drug-likeness (QED) is 0.797. The van der Waals surface area contributed by atoms with Gasteiger partial charge in [-0.05, 0) is 18.6 Å². The van der Waals surface area contributed by atoms with Gasteiger partial charge in [-0.1, -0.05) is 30.4 Å². The molecule has 5 heteroatoms. The minimum atomic E-state index is -4.37. The fraction of sp³-hybridized carbons (Fsp3) is 0.385. The Morgan fingerprint density at radius 3 is 2.50 bits per heavy atom. The van der Waals surface area contributed by atoms with Crippen molar-refractivity contribution in [1.29, 1.82) is 0 Å². The SMILES string of the molecule is C=C(C)CNC(CN)c1ccccc1C(F)(F)F. The van der Waals surface area contributed by atoms with Gasteiger partial charge < -0.3 is 11.1 Å². The maximum Gasteiger partial charge on any atom is 0.416 e. The standard InChI is InChI=1S/C13H17F3N2/c1-9(2)8-18-12(7-17)10-5-3-4-6-11(10)13(14,15)16/h3-6,12,18H,1,7-8,17H2,2H3. The summed E-state index contributed by atoms with van der Waals surface area (Å²) in [4.78, 5) is 0. The molecule has 1 unspecified atom stereocenters.